The topological polar surface area (TPSA) is 77.5 Å². The summed E-state index contributed by atoms with van der Waals surface area (Å²) in [5, 5.41) is 2.61. The number of carbonyl (C=O) groups is 2. The van der Waals surface area contributed by atoms with Gasteiger partial charge in [0.15, 0.2) is 0 Å². The molecule has 0 aromatic carbocycles. The molecule has 0 aliphatic heterocycles. The van der Waals surface area contributed by atoms with E-state index < -0.39 is 23.3 Å². The summed E-state index contributed by atoms with van der Waals surface area (Å²) >= 11 is 6.32. The van der Waals surface area contributed by atoms with Crippen molar-refractivity contribution in [1.82, 2.24) is 4.98 Å². The SMILES string of the molecule is CC(C)(C)OC(=O)Nc1cc(C2=CCCC2)nc(Cl)c1C(=O)OC(C)(C)C. The summed E-state index contributed by atoms with van der Waals surface area (Å²) in [6.45, 7) is 10.5. The fraction of sp³-hybridized carbons (Fsp3) is 0.550. The van der Waals surface area contributed by atoms with Crippen molar-refractivity contribution in [2.75, 3.05) is 5.32 Å². The van der Waals surface area contributed by atoms with Crippen molar-refractivity contribution in [1.29, 1.82) is 0 Å². The minimum absolute atomic E-state index is 0.0133. The molecule has 0 radical (unpaired) electrons. The Labute approximate surface area is 165 Å². The van der Waals surface area contributed by atoms with Crippen molar-refractivity contribution < 1.29 is 19.1 Å². The Hall–Kier alpha value is -2.08. The molecule has 0 atom stereocenters. The second-order valence-corrected chi connectivity index (χ2v) is 8.83. The molecule has 1 amide bonds. The molecule has 2 rings (SSSR count). The van der Waals surface area contributed by atoms with Crippen LogP contribution in [0.25, 0.3) is 5.57 Å². The maximum Gasteiger partial charge on any atom is 0.412 e. The minimum atomic E-state index is -0.712. The molecule has 7 heteroatoms. The highest BCUT2D eigenvalue weighted by Crippen LogP contribution is 2.33. The first-order valence-electron chi connectivity index (χ1n) is 8.99. The summed E-state index contributed by atoms with van der Waals surface area (Å²) in [7, 11) is 0. The lowest BCUT2D eigenvalue weighted by atomic mass is 10.1. The van der Waals surface area contributed by atoms with E-state index in [4.69, 9.17) is 21.1 Å². The Kier molecular flexibility index (Phi) is 6.20. The van der Waals surface area contributed by atoms with Gasteiger partial charge in [-0.2, -0.15) is 0 Å². The summed E-state index contributed by atoms with van der Waals surface area (Å²) in [5.41, 5.74) is 0.525. The van der Waals surface area contributed by atoms with Crippen LogP contribution in [0.1, 0.15) is 76.9 Å². The Bertz CT molecular complexity index is 773. The number of anilines is 1. The second-order valence-electron chi connectivity index (χ2n) is 8.47. The number of rotatable bonds is 3. The Morgan fingerprint density at radius 3 is 2.26 bits per heavy atom. The molecular weight excluding hydrogens is 368 g/mol. The Balaban J connectivity index is 2.44. The average Bonchev–Trinajstić information content (AvgIpc) is 2.96. The van der Waals surface area contributed by atoms with E-state index in [0.29, 0.717) is 5.69 Å². The normalized spacial score (nSPS) is 14.6. The van der Waals surface area contributed by atoms with Crippen molar-refractivity contribution >= 4 is 34.9 Å². The van der Waals surface area contributed by atoms with Crippen LogP contribution >= 0.6 is 11.6 Å². The number of nitrogens with zero attached hydrogens (tertiary/aromatic N) is 1. The predicted octanol–water partition coefficient (Wildman–Crippen LogP) is 5.60. The quantitative estimate of drug-likeness (QED) is 0.532. The monoisotopic (exact) mass is 394 g/mol. The van der Waals surface area contributed by atoms with E-state index in [1.165, 1.54) is 0 Å². The van der Waals surface area contributed by atoms with Crippen LogP contribution in [0.3, 0.4) is 0 Å². The number of pyridine rings is 1. The van der Waals surface area contributed by atoms with Gasteiger partial charge in [-0.15, -0.1) is 0 Å². The number of aromatic nitrogens is 1. The van der Waals surface area contributed by atoms with Gasteiger partial charge in [0, 0.05) is 0 Å². The molecular formula is C20H27ClN2O4. The summed E-state index contributed by atoms with van der Waals surface area (Å²) in [4.78, 5) is 29.3. The van der Waals surface area contributed by atoms with Crippen LogP contribution < -0.4 is 5.32 Å². The van der Waals surface area contributed by atoms with Crippen molar-refractivity contribution in [3.05, 3.63) is 28.6 Å². The molecule has 0 spiro atoms. The number of allylic oxidation sites excluding steroid dienone is 2. The average molecular weight is 395 g/mol. The van der Waals surface area contributed by atoms with E-state index in [9.17, 15) is 9.59 Å². The maximum absolute atomic E-state index is 12.6. The largest absolute Gasteiger partial charge is 0.456 e. The first-order chi connectivity index (χ1) is 12.4. The fourth-order valence-corrected chi connectivity index (χ4v) is 2.89. The van der Waals surface area contributed by atoms with Crippen LogP contribution in [-0.4, -0.2) is 28.2 Å². The Morgan fingerprint density at radius 1 is 1.11 bits per heavy atom. The summed E-state index contributed by atoms with van der Waals surface area (Å²) < 4.78 is 10.7. The zero-order chi connectivity index (χ0) is 20.4. The van der Waals surface area contributed by atoms with Crippen molar-refractivity contribution in [3.8, 4) is 0 Å². The van der Waals surface area contributed by atoms with Gasteiger partial charge in [-0.3, -0.25) is 5.32 Å². The van der Waals surface area contributed by atoms with Gasteiger partial charge in [0.1, 0.15) is 21.9 Å². The van der Waals surface area contributed by atoms with E-state index >= 15 is 0 Å². The molecule has 0 unspecified atom stereocenters. The minimum Gasteiger partial charge on any atom is -0.456 e. The molecule has 0 bridgehead atoms. The van der Waals surface area contributed by atoms with Crippen molar-refractivity contribution in [3.63, 3.8) is 0 Å². The molecule has 1 N–H and O–H groups in total. The second kappa shape index (κ2) is 7.89. The van der Waals surface area contributed by atoms with Gasteiger partial charge in [-0.25, -0.2) is 14.6 Å². The van der Waals surface area contributed by atoms with Crippen molar-refractivity contribution in [2.24, 2.45) is 0 Å². The number of carbonyl (C=O) groups excluding carboxylic acids is 2. The van der Waals surface area contributed by atoms with Crippen LogP contribution in [0, 0.1) is 0 Å². The standard InChI is InChI=1S/C20H27ClN2O4/c1-19(2,3)26-17(24)15-14(23-18(25)27-20(4,5)6)11-13(22-16(15)21)12-9-7-8-10-12/h9,11H,7-8,10H2,1-6H3,(H,22,23,25). The van der Waals surface area contributed by atoms with Gasteiger partial charge in [-0.1, -0.05) is 17.7 Å². The van der Waals surface area contributed by atoms with Crippen LogP contribution in [0.4, 0.5) is 10.5 Å². The summed E-state index contributed by atoms with van der Waals surface area (Å²) in [5.74, 6) is -0.655. The van der Waals surface area contributed by atoms with Crippen LogP contribution in [-0.2, 0) is 9.47 Å². The van der Waals surface area contributed by atoms with Crippen LogP contribution in [0.2, 0.25) is 5.15 Å². The smallest absolute Gasteiger partial charge is 0.412 e. The molecule has 1 aliphatic rings. The zero-order valence-corrected chi connectivity index (χ0v) is 17.5. The number of hydrogen-bond acceptors (Lipinski definition) is 5. The first kappa shape index (κ1) is 21.2. The molecule has 0 saturated carbocycles. The van der Waals surface area contributed by atoms with Gasteiger partial charge in [0.05, 0.1) is 11.4 Å². The van der Waals surface area contributed by atoms with Gasteiger partial charge in [-0.05, 0) is 72.4 Å². The molecule has 1 aromatic rings. The van der Waals surface area contributed by atoms with Crippen LogP contribution in [0.5, 0.6) is 0 Å². The highest BCUT2D eigenvalue weighted by Gasteiger charge is 2.27. The lowest BCUT2D eigenvalue weighted by Gasteiger charge is -2.23. The van der Waals surface area contributed by atoms with E-state index in [0.717, 1.165) is 24.8 Å². The third-order valence-electron chi connectivity index (χ3n) is 3.58. The predicted molar refractivity (Wildman–Crippen MR) is 106 cm³/mol. The first-order valence-corrected chi connectivity index (χ1v) is 9.37. The van der Waals surface area contributed by atoms with E-state index in [1.54, 1.807) is 47.6 Å². The van der Waals surface area contributed by atoms with E-state index in [1.807, 2.05) is 0 Å². The number of esters is 1. The van der Waals surface area contributed by atoms with Gasteiger partial charge >= 0.3 is 12.1 Å². The van der Waals surface area contributed by atoms with Gasteiger partial charge in [0.2, 0.25) is 0 Å². The number of hydrogen-bond donors (Lipinski definition) is 1. The molecule has 0 fully saturated rings. The summed E-state index contributed by atoms with van der Waals surface area (Å²) in [6.07, 6.45) is 4.29. The summed E-state index contributed by atoms with van der Waals surface area (Å²) in [6, 6.07) is 1.65. The highest BCUT2D eigenvalue weighted by molar-refractivity contribution is 6.33. The fourth-order valence-electron chi connectivity index (χ4n) is 2.62. The molecule has 0 saturated heterocycles. The molecule has 1 aromatic heterocycles. The highest BCUT2D eigenvalue weighted by atomic mass is 35.5. The van der Waals surface area contributed by atoms with Crippen molar-refractivity contribution in [2.45, 2.75) is 72.0 Å². The number of amides is 1. The van der Waals surface area contributed by atoms with E-state index in [2.05, 4.69) is 16.4 Å². The third kappa shape index (κ3) is 6.24. The third-order valence-corrected chi connectivity index (χ3v) is 3.86. The zero-order valence-electron chi connectivity index (χ0n) is 16.7. The molecule has 27 heavy (non-hydrogen) atoms. The number of halogens is 1. The van der Waals surface area contributed by atoms with Gasteiger partial charge in [0.25, 0.3) is 0 Å². The molecule has 148 valence electrons. The molecule has 6 nitrogen and oxygen atoms in total. The maximum atomic E-state index is 12.6. The lowest BCUT2D eigenvalue weighted by molar-refractivity contribution is 0.00705. The van der Waals surface area contributed by atoms with Crippen LogP contribution in [0.15, 0.2) is 12.1 Å². The Morgan fingerprint density at radius 2 is 1.74 bits per heavy atom. The lowest BCUT2D eigenvalue weighted by Crippen LogP contribution is -2.29. The number of ether oxygens (including phenoxy) is 2. The number of nitrogens with one attached hydrogen (secondary N) is 1. The molecule has 1 heterocycles. The van der Waals surface area contributed by atoms with E-state index in [-0.39, 0.29) is 16.4 Å². The molecule has 1 aliphatic carbocycles. The van der Waals surface area contributed by atoms with Gasteiger partial charge < -0.3 is 9.47 Å².